The lowest BCUT2D eigenvalue weighted by Gasteiger charge is -2.08. The Morgan fingerprint density at radius 3 is 2.74 bits per heavy atom. The highest BCUT2D eigenvalue weighted by molar-refractivity contribution is 5.88. The van der Waals surface area contributed by atoms with Crippen molar-refractivity contribution in [3.63, 3.8) is 0 Å². The molecule has 0 fully saturated rings. The molecule has 0 aliphatic heterocycles. The first-order valence-corrected chi connectivity index (χ1v) is 5.86. The number of hydrogen-bond donors (Lipinski definition) is 1. The molecule has 0 radical (unpaired) electrons. The van der Waals surface area contributed by atoms with Crippen molar-refractivity contribution in [1.82, 2.24) is 15.0 Å². The number of hydrogen-bond acceptors (Lipinski definition) is 4. The van der Waals surface area contributed by atoms with E-state index in [1.165, 1.54) is 18.5 Å². The van der Waals surface area contributed by atoms with Gasteiger partial charge in [0.1, 0.15) is 18.0 Å². The number of pyridine rings is 1. The van der Waals surface area contributed by atoms with E-state index in [9.17, 15) is 4.39 Å². The highest BCUT2D eigenvalue weighted by Gasteiger charge is 2.04. The van der Waals surface area contributed by atoms with Gasteiger partial charge in [-0.3, -0.25) is 4.98 Å². The first-order valence-electron chi connectivity index (χ1n) is 5.86. The minimum Gasteiger partial charge on any atom is -0.365 e. The molecule has 94 valence electrons. The molecule has 0 unspecified atom stereocenters. The summed E-state index contributed by atoms with van der Waals surface area (Å²) in [4.78, 5) is 12.2. The molecule has 3 aromatic rings. The van der Waals surface area contributed by atoms with Gasteiger partial charge in [-0.2, -0.15) is 0 Å². The average Bonchev–Trinajstić information content (AvgIpc) is 2.46. The fourth-order valence-corrected chi connectivity index (χ4v) is 1.86. The zero-order chi connectivity index (χ0) is 13.1. The standard InChI is InChI=1S/C14H11FN4/c15-11-1-2-13-12(7-11)14(19-9-18-13)17-8-10-3-5-16-6-4-10/h1-7,9H,8H2,(H,17,18,19). The molecule has 0 atom stereocenters. The summed E-state index contributed by atoms with van der Waals surface area (Å²) in [7, 11) is 0. The summed E-state index contributed by atoms with van der Waals surface area (Å²) in [5, 5.41) is 3.86. The maximum absolute atomic E-state index is 13.3. The zero-order valence-corrected chi connectivity index (χ0v) is 10.0. The van der Waals surface area contributed by atoms with Gasteiger partial charge in [0.25, 0.3) is 0 Å². The van der Waals surface area contributed by atoms with Crippen LogP contribution in [0.15, 0.2) is 49.1 Å². The van der Waals surface area contributed by atoms with Gasteiger partial charge in [0.05, 0.1) is 5.52 Å². The summed E-state index contributed by atoms with van der Waals surface area (Å²) in [6.45, 7) is 0.602. The van der Waals surface area contributed by atoms with Crippen LogP contribution in [0.25, 0.3) is 10.9 Å². The van der Waals surface area contributed by atoms with E-state index in [1.807, 2.05) is 12.1 Å². The van der Waals surface area contributed by atoms with Crippen molar-refractivity contribution >= 4 is 16.7 Å². The topological polar surface area (TPSA) is 50.7 Å². The molecule has 1 aromatic carbocycles. The quantitative estimate of drug-likeness (QED) is 0.780. The maximum Gasteiger partial charge on any atom is 0.137 e. The third kappa shape index (κ3) is 2.49. The molecule has 0 spiro atoms. The molecule has 19 heavy (non-hydrogen) atoms. The smallest absolute Gasteiger partial charge is 0.137 e. The van der Waals surface area contributed by atoms with Gasteiger partial charge in [0, 0.05) is 24.3 Å². The number of aromatic nitrogens is 3. The zero-order valence-electron chi connectivity index (χ0n) is 10.0. The van der Waals surface area contributed by atoms with E-state index in [4.69, 9.17) is 0 Å². The van der Waals surface area contributed by atoms with Crippen LogP contribution < -0.4 is 5.32 Å². The summed E-state index contributed by atoms with van der Waals surface area (Å²) < 4.78 is 13.3. The monoisotopic (exact) mass is 254 g/mol. The van der Waals surface area contributed by atoms with Crippen molar-refractivity contribution in [3.8, 4) is 0 Å². The number of rotatable bonds is 3. The van der Waals surface area contributed by atoms with Crippen LogP contribution in [-0.4, -0.2) is 15.0 Å². The van der Waals surface area contributed by atoms with Gasteiger partial charge in [0.2, 0.25) is 0 Å². The van der Waals surface area contributed by atoms with Crippen LogP contribution in [0.2, 0.25) is 0 Å². The van der Waals surface area contributed by atoms with E-state index < -0.39 is 0 Å². The van der Waals surface area contributed by atoms with Crippen LogP contribution in [0, 0.1) is 5.82 Å². The van der Waals surface area contributed by atoms with Crippen molar-refractivity contribution in [2.75, 3.05) is 5.32 Å². The minimum atomic E-state index is -0.297. The molecular formula is C14H11FN4. The molecule has 0 saturated heterocycles. The molecule has 0 aliphatic rings. The summed E-state index contributed by atoms with van der Waals surface area (Å²) >= 11 is 0. The Hall–Kier alpha value is -2.56. The van der Waals surface area contributed by atoms with Crippen LogP contribution in [0.1, 0.15) is 5.56 Å². The van der Waals surface area contributed by atoms with Gasteiger partial charge in [-0.1, -0.05) is 0 Å². The fourth-order valence-electron chi connectivity index (χ4n) is 1.86. The molecule has 5 heteroatoms. The van der Waals surface area contributed by atoms with Crippen LogP contribution in [0.5, 0.6) is 0 Å². The summed E-state index contributed by atoms with van der Waals surface area (Å²) in [5.41, 5.74) is 1.80. The number of benzene rings is 1. The lowest BCUT2D eigenvalue weighted by molar-refractivity contribution is 0.629. The second-order valence-electron chi connectivity index (χ2n) is 4.09. The second-order valence-corrected chi connectivity index (χ2v) is 4.09. The second kappa shape index (κ2) is 4.97. The predicted molar refractivity (Wildman–Crippen MR) is 71.1 cm³/mol. The van der Waals surface area contributed by atoms with Crippen LogP contribution >= 0.6 is 0 Å². The molecular weight excluding hydrogens is 243 g/mol. The predicted octanol–water partition coefficient (Wildman–Crippen LogP) is 2.78. The normalized spacial score (nSPS) is 10.6. The van der Waals surface area contributed by atoms with Crippen LogP contribution in [-0.2, 0) is 6.54 Å². The Bertz CT molecular complexity index is 700. The molecule has 1 N–H and O–H groups in total. The Kier molecular flexibility index (Phi) is 3.02. The minimum absolute atomic E-state index is 0.297. The van der Waals surface area contributed by atoms with Gasteiger partial charge in [-0.25, -0.2) is 14.4 Å². The Balaban J connectivity index is 1.90. The van der Waals surface area contributed by atoms with Crippen molar-refractivity contribution in [2.24, 2.45) is 0 Å². The first kappa shape index (κ1) is 11.5. The Morgan fingerprint density at radius 1 is 1.05 bits per heavy atom. The van der Waals surface area contributed by atoms with Gasteiger partial charge in [-0.15, -0.1) is 0 Å². The summed E-state index contributed by atoms with van der Waals surface area (Å²) in [6.07, 6.45) is 4.93. The number of anilines is 1. The lowest BCUT2D eigenvalue weighted by Crippen LogP contribution is -2.02. The van der Waals surface area contributed by atoms with Gasteiger partial charge < -0.3 is 5.32 Å². The van der Waals surface area contributed by atoms with Crippen molar-refractivity contribution in [2.45, 2.75) is 6.54 Å². The number of fused-ring (bicyclic) bond motifs is 1. The van der Waals surface area contributed by atoms with Crippen LogP contribution in [0.4, 0.5) is 10.2 Å². The molecule has 0 aliphatic carbocycles. The van der Waals surface area contributed by atoms with Gasteiger partial charge in [0.15, 0.2) is 0 Å². The molecule has 4 nitrogen and oxygen atoms in total. The van der Waals surface area contributed by atoms with Crippen molar-refractivity contribution in [3.05, 3.63) is 60.4 Å². The van der Waals surface area contributed by atoms with Crippen LogP contribution in [0.3, 0.4) is 0 Å². The number of nitrogens with zero attached hydrogens (tertiary/aromatic N) is 3. The molecule has 0 bridgehead atoms. The van der Waals surface area contributed by atoms with Crippen molar-refractivity contribution in [1.29, 1.82) is 0 Å². The number of nitrogens with one attached hydrogen (secondary N) is 1. The highest BCUT2D eigenvalue weighted by Crippen LogP contribution is 2.20. The van der Waals surface area contributed by atoms with E-state index in [2.05, 4.69) is 20.3 Å². The Labute approximate surface area is 109 Å². The summed E-state index contributed by atoms with van der Waals surface area (Å²) in [5.74, 6) is 0.329. The van der Waals surface area contributed by atoms with E-state index in [1.54, 1.807) is 18.5 Å². The third-order valence-electron chi connectivity index (χ3n) is 2.81. The third-order valence-corrected chi connectivity index (χ3v) is 2.81. The van der Waals surface area contributed by atoms with E-state index in [0.717, 1.165) is 5.56 Å². The van der Waals surface area contributed by atoms with E-state index in [-0.39, 0.29) is 5.82 Å². The molecule has 0 saturated carbocycles. The number of halogens is 1. The van der Waals surface area contributed by atoms with E-state index >= 15 is 0 Å². The largest absolute Gasteiger partial charge is 0.365 e. The molecule has 0 amide bonds. The summed E-state index contributed by atoms with van der Waals surface area (Å²) in [6, 6.07) is 8.30. The Morgan fingerprint density at radius 2 is 1.89 bits per heavy atom. The first-order chi connectivity index (χ1) is 9.33. The lowest BCUT2D eigenvalue weighted by atomic mass is 10.2. The van der Waals surface area contributed by atoms with Gasteiger partial charge >= 0.3 is 0 Å². The fraction of sp³-hybridized carbons (Fsp3) is 0.0714. The SMILES string of the molecule is Fc1ccc2ncnc(NCc3ccncc3)c2c1. The average molecular weight is 254 g/mol. The van der Waals surface area contributed by atoms with E-state index in [0.29, 0.717) is 23.3 Å². The molecule has 2 aromatic heterocycles. The van der Waals surface area contributed by atoms with Crippen molar-refractivity contribution < 1.29 is 4.39 Å². The molecule has 2 heterocycles. The van der Waals surface area contributed by atoms with Gasteiger partial charge in [-0.05, 0) is 35.9 Å². The highest BCUT2D eigenvalue weighted by atomic mass is 19.1. The molecule has 3 rings (SSSR count). The maximum atomic E-state index is 13.3.